The van der Waals surface area contributed by atoms with Crippen LogP contribution in [0.1, 0.15) is 18.5 Å². The summed E-state index contributed by atoms with van der Waals surface area (Å²) >= 11 is 0. The van der Waals surface area contributed by atoms with Crippen molar-refractivity contribution in [2.45, 2.75) is 19.3 Å². The van der Waals surface area contributed by atoms with Gasteiger partial charge in [0, 0.05) is 6.07 Å². The lowest BCUT2D eigenvalue weighted by molar-refractivity contribution is -0.385. The number of unbranched alkanes of at least 4 members (excludes halogenated alkanes) is 1. The maximum atomic E-state index is 13.8. The molecule has 0 radical (unpaired) electrons. The Labute approximate surface area is 118 Å². The molecular formula is C12H13F2N5O2. The highest BCUT2D eigenvalue weighted by molar-refractivity contribution is 5.53. The monoisotopic (exact) mass is 297 g/mol. The van der Waals surface area contributed by atoms with E-state index in [1.54, 1.807) is 0 Å². The molecule has 0 unspecified atom stereocenters. The molecular weight excluding hydrogens is 284 g/mol. The minimum atomic E-state index is -1.07. The third kappa shape index (κ3) is 3.37. The van der Waals surface area contributed by atoms with Crippen LogP contribution in [-0.4, -0.2) is 26.5 Å². The molecule has 0 spiro atoms. The SMILES string of the molecule is NCCCCc1cn(-c2c(F)cc(F)cc2[N+](=O)[O-])nn1. The predicted molar refractivity (Wildman–Crippen MR) is 69.9 cm³/mol. The second-order valence-electron chi connectivity index (χ2n) is 4.41. The molecule has 2 rings (SSSR count). The van der Waals surface area contributed by atoms with Crippen molar-refractivity contribution in [3.63, 3.8) is 0 Å². The normalized spacial score (nSPS) is 10.8. The molecule has 0 aliphatic carbocycles. The van der Waals surface area contributed by atoms with E-state index in [9.17, 15) is 18.9 Å². The number of benzene rings is 1. The van der Waals surface area contributed by atoms with Crippen LogP contribution in [0.5, 0.6) is 0 Å². The van der Waals surface area contributed by atoms with Crippen LogP contribution in [0.2, 0.25) is 0 Å². The van der Waals surface area contributed by atoms with Crippen LogP contribution in [0.4, 0.5) is 14.5 Å². The van der Waals surface area contributed by atoms with Gasteiger partial charge in [-0.3, -0.25) is 10.1 Å². The van der Waals surface area contributed by atoms with E-state index in [2.05, 4.69) is 10.3 Å². The number of halogens is 2. The molecule has 0 aliphatic rings. The van der Waals surface area contributed by atoms with Gasteiger partial charge in [-0.05, 0) is 25.8 Å². The summed E-state index contributed by atoms with van der Waals surface area (Å²) in [5.41, 5.74) is 4.80. The molecule has 7 nitrogen and oxygen atoms in total. The molecule has 0 fully saturated rings. The molecule has 9 heteroatoms. The first kappa shape index (κ1) is 15.0. The number of aromatic nitrogens is 3. The zero-order valence-corrected chi connectivity index (χ0v) is 11.0. The highest BCUT2D eigenvalue weighted by atomic mass is 19.1. The fraction of sp³-hybridized carbons (Fsp3) is 0.333. The Hall–Kier alpha value is -2.42. The molecule has 1 aromatic heterocycles. The van der Waals surface area contributed by atoms with E-state index >= 15 is 0 Å². The minimum Gasteiger partial charge on any atom is -0.330 e. The van der Waals surface area contributed by atoms with E-state index in [1.807, 2.05) is 0 Å². The van der Waals surface area contributed by atoms with Gasteiger partial charge in [0.25, 0.3) is 0 Å². The number of nitro groups is 1. The van der Waals surface area contributed by atoms with Crippen molar-refractivity contribution >= 4 is 5.69 Å². The van der Waals surface area contributed by atoms with Crippen molar-refractivity contribution < 1.29 is 13.7 Å². The molecule has 1 heterocycles. The quantitative estimate of drug-likeness (QED) is 0.497. The number of rotatable bonds is 6. The van der Waals surface area contributed by atoms with Gasteiger partial charge in [0.2, 0.25) is 0 Å². The summed E-state index contributed by atoms with van der Waals surface area (Å²) in [6, 6.07) is 1.21. The van der Waals surface area contributed by atoms with Gasteiger partial charge in [0.05, 0.1) is 22.9 Å². The first-order valence-electron chi connectivity index (χ1n) is 6.28. The van der Waals surface area contributed by atoms with Crippen LogP contribution >= 0.6 is 0 Å². The molecule has 21 heavy (non-hydrogen) atoms. The molecule has 112 valence electrons. The number of hydrogen-bond acceptors (Lipinski definition) is 5. The van der Waals surface area contributed by atoms with Gasteiger partial charge in [-0.25, -0.2) is 13.5 Å². The lowest BCUT2D eigenvalue weighted by Crippen LogP contribution is -2.05. The van der Waals surface area contributed by atoms with E-state index in [1.165, 1.54) is 6.20 Å². The number of aryl methyl sites for hydroxylation is 1. The maximum absolute atomic E-state index is 13.8. The van der Waals surface area contributed by atoms with Crippen LogP contribution in [0, 0.1) is 21.7 Å². The number of nitrogens with two attached hydrogens (primary N) is 1. The van der Waals surface area contributed by atoms with Crippen LogP contribution in [0.15, 0.2) is 18.3 Å². The summed E-state index contributed by atoms with van der Waals surface area (Å²) in [6.45, 7) is 0.548. The maximum Gasteiger partial charge on any atom is 0.300 e. The lowest BCUT2D eigenvalue weighted by atomic mass is 10.2. The average Bonchev–Trinajstić information content (AvgIpc) is 2.86. The Balaban J connectivity index is 2.36. The first-order valence-corrected chi connectivity index (χ1v) is 6.28. The fourth-order valence-corrected chi connectivity index (χ4v) is 1.89. The van der Waals surface area contributed by atoms with Crippen LogP contribution in [0.3, 0.4) is 0 Å². The zero-order valence-electron chi connectivity index (χ0n) is 11.0. The summed E-state index contributed by atoms with van der Waals surface area (Å²) < 4.78 is 27.9. The number of nitro benzene ring substituents is 1. The molecule has 0 saturated carbocycles. The summed E-state index contributed by atoms with van der Waals surface area (Å²) in [4.78, 5) is 10.1. The molecule has 2 aromatic rings. The highest BCUT2D eigenvalue weighted by Gasteiger charge is 2.23. The van der Waals surface area contributed by atoms with E-state index in [-0.39, 0.29) is 0 Å². The fourth-order valence-electron chi connectivity index (χ4n) is 1.89. The van der Waals surface area contributed by atoms with Gasteiger partial charge in [-0.2, -0.15) is 0 Å². The molecule has 0 aliphatic heterocycles. The van der Waals surface area contributed by atoms with Crippen LogP contribution < -0.4 is 5.73 Å². The molecule has 0 amide bonds. The van der Waals surface area contributed by atoms with E-state index in [0.29, 0.717) is 30.8 Å². The Morgan fingerprint density at radius 2 is 2.10 bits per heavy atom. The molecule has 2 N–H and O–H groups in total. The van der Waals surface area contributed by atoms with Gasteiger partial charge < -0.3 is 5.73 Å². The number of hydrogen-bond donors (Lipinski definition) is 1. The zero-order chi connectivity index (χ0) is 15.4. The van der Waals surface area contributed by atoms with E-state index in [4.69, 9.17) is 5.73 Å². The van der Waals surface area contributed by atoms with E-state index in [0.717, 1.165) is 17.5 Å². The van der Waals surface area contributed by atoms with Gasteiger partial charge in [0.15, 0.2) is 11.5 Å². The van der Waals surface area contributed by atoms with Gasteiger partial charge in [-0.15, -0.1) is 5.10 Å². The molecule has 0 saturated heterocycles. The lowest BCUT2D eigenvalue weighted by Gasteiger charge is -2.03. The summed E-state index contributed by atoms with van der Waals surface area (Å²) in [6.07, 6.45) is 3.55. The van der Waals surface area contributed by atoms with Crippen molar-refractivity contribution in [1.29, 1.82) is 0 Å². The smallest absolute Gasteiger partial charge is 0.300 e. The van der Waals surface area contributed by atoms with Crippen LogP contribution in [0.25, 0.3) is 5.69 Å². The van der Waals surface area contributed by atoms with Crippen molar-refractivity contribution in [2.75, 3.05) is 6.54 Å². The van der Waals surface area contributed by atoms with Gasteiger partial charge in [0.1, 0.15) is 5.82 Å². The molecule has 1 aromatic carbocycles. The standard InChI is InChI=1S/C12H13F2N5O2/c13-8-5-10(14)12(11(6-8)19(20)21)18-7-9(16-17-18)3-1-2-4-15/h5-7H,1-4,15H2. The Bertz CT molecular complexity index is 659. The Morgan fingerprint density at radius 3 is 2.76 bits per heavy atom. The number of nitrogens with zero attached hydrogens (tertiary/aromatic N) is 4. The van der Waals surface area contributed by atoms with E-state index < -0.39 is 27.9 Å². The van der Waals surface area contributed by atoms with Crippen molar-refractivity contribution in [2.24, 2.45) is 5.73 Å². The minimum absolute atomic E-state index is 0.432. The van der Waals surface area contributed by atoms with Gasteiger partial charge in [-0.1, -0.05) is 5.21 Å². The molecule has 0 bridgehead atoms. The summed E-state index contributed by atoms with van der Waals surface area (Å²) in [5.74, 6) is -2.09. The topological polar surface area (TPSA) is 99.9 Å². The van der Waals surface area contributed by atoms with Crippen molar-refractivity contribution in [3.8, 4) is 5.69 Å². The Morgan fingerprint density at radius 1 is 1.33 bits per heavy atom. The second-order valence-corrected chi connectivity index (χ2v) is 4.41. The summed E-state index contributed by atoms with van der Waals surface area (Å²) in [7, 11) is 0. The average molecular weight is 297 g/mol. The largest absolute Gasteiger partial charge is 0.330 e. The summed E-state index contributed by atoms with van der Waals surface area (Å²) in [5, 5.41) is 18.4. The molecule has 0 atom stereocenters. The van der Waals surface area contributed by atoms with Crippen molar-refractivity contribution in [1.82, 2.24) is 15.0 Å². The van der Waals surface area contributed by atoms with Crippen LogP contribution in [-0.2, 0) is 6.42 Å². The predicted octanol–water partition coefficient (Wildman–Crippen LogP) is 1.74. The van der Waals surface area contributed by atoms with Gasteiger partial charge >= 0.3 is 5.69 Å². The third-order valence-electron chi connectivity index (χ3n) is 2.86. The first-order chi connectivity index (χ1) is 10.0. The third-order valence-corrected chi connectivity index (χ3v) is 2.86. The van der Waals surface area contributed by atoms with Crippen molar-refractivity contribution in [3.05, 3.63) is 45.8 Å². The Kier molecular flexibility index (Phi) is 4.53. The second kappa shape index (κ2) is 6.35. The highest BCUT2D eigenvalue weighted by Crippen LogP contribution is 2.26.